The molecule has 7 heteroatoms. The highest BCUT2D eigenvalue weighted by Gasteiger charge is 2.38. The average Bonchev–Trinajstić information content (AvgIpc) is 2.81. The molecule has 0 aliphatic heterocycles. The second-order valence-corrected chi connectivity index (χ2v) is 12.7. The molecule has 0 saturated heterocycles. The Labute approximate surface area is 237 Å². The normalized spacial score (nSPS) is 13.4. The summed E-state index contributed by atoms with van der Waals surface area (Å²) in [5.41, 5.74) is 0.369. The molecule has 220 valence electrons. The van der Waals surface area contributed by atoms with Crippen molar-refractivity contribution in [3.63, 3.8) is 0 Å². The molecule has 1 aromatic rings. The Kier molecular flexibility index (Phi) is 13.8. The minimum absolute atomic E-state index is 0.220. The van der Waals surface area contributed by atoms with Gasteiger partial charge in [-0.25, -0.2) is 4.79 Å². The summed E-state index contributed by atoms with van der Waals surface area (Å²) < 4.78 is 5.46. The van der Waals surface area contributed by atoms with E-state index in [0.717, 1.165) is 37.7 Å². The van der Waals surface area contributed by atoms with Gasteiger partial charge < -0.3 is 20.3 Å². The van der Waals surface area contributed by atoms with Crippen LogP contribution in [0, 0.1) is 5.92 Å². The Morgan fingerprint density at radius 3 is 2.15 bits per heavy atom. The smallest absolute Gasteiger partial charge is 0.408 e. The number of carbonyl (C=O) groups is 3. The molecule has 3 amide bonds. The van der Waals surface area contributed by atoms with E-state index >= 15 is 0 Å². The largest absolute Gasteiger partial charge is 0.444 e. The molecular formula is C32H53N3O4. The fraction of sp³-hybridized carbons (Fsp3) is 0.656. The van der Waals surface area contributed by atoms with E-state index < -0.39 is 29.3 Å². The zero-order valence-corrected chi connectivity index (χ0v) is 25.9. The number of benzene rings is 1. The van der Waals surface area contributed by atoms with Crippen LogP contribution in [-0.4, -0.2) is 46.5 Å². The second kappa shape index (κ2) is 15.7. The highest BCUT2D eigenvalue weighted by molar-refractivity contribution is 5.92. The summed E-state index contributed by atoms with van der Waals surface area (Å²) in [7, 11) is 0. The predicted octanol–water partition coefficient (Wildman–Crippen LogP) is 7.02. The lowest BCUT2D eigenvalue weighted by Gasteiger charge is -2.37. The maximum Gasteiger partial charge on any atom is 0.408 e. The minimum Gasteiger partial charge on any atom is -0.444 e. The van der Waals surface area contributed by atoms with Crippen LogP contribution >= 0.6 is 0 Å². The fourth-order valence-electron chi connectivity index (χ4n) is 4.32. The summed E-state index contributed by atoms with van der Waals surface area (Å²) >= 11 is 0. The molecule has 1 aromatic carbocycles. The van der Waals surface area contributed by atoms with Gasteiger partial charge in [0.05, 0.1) is 0 Å². The maximum atomic E-state index is 14.2. The Hall–Kier alpha value is -2.83. The van der Waals surface area contributed by atoms with Gasteiger partial charge in [0, 0.05) is 12.1 Å². The van der Waals surface area contributed by atoms with Crippen LogP contribution in [0.4, 0.5) is 4.79 Å². The van der Waals surface area contributed by atoms with Gasteiger partial charge in [0.15, 0.2) is 0 Å². The summed E-state index contributed by atoms with van der Waals surface area (Å²) in [4.78, 5) is 42.4. The van der Waals surface area contributed by atoms with E-state index in [9.17, 15) is 14.4 Å². The Balaban J connectivity index is 3.50. The van der Waals surface area contributed by atoms with Crippen molar-refractivity contribution in [1.82, 2.24) is 15.5 Å². The Morgan fingerprint density at radius 1 is 1.00 bits per heavy atom. The van der Waals surface area contributed by atoms with E-state index in [2.05, 4.69) is 24.1 Å². The van der Waals surface area contributed by atoms with Crippen molar-refractivity contribution < 1.29 is 19.1 Å². The van der Waals surface area contributed by atoms with E-state index in [4.69, 9.17) is 4.74 Å². The number of nitrogens with zero attached hydrogens (tertiary/aromatic N) is 1. The Bertz CT molecular complexity index is 943. The van der Waals surface area contributed by atoms with Crippen molar-refractivity contribution in [2.75, 3.05) is 6.54 Å². The minimum atomic E-state index is -0.867. The van der Waals surface area contributed by atoms with Crippen LogP contribution in [-0.2, 0) is 14.3 Å². The van der Waals surface area contributed by atoms with Crippen molar-refractivity contribution in [3.8, 4) is 0 Å². The van der Waals surface area contributed by atoms with Gasteiger partial charge in [0.25, 0.3) is 0 Å². The molecule has 2 unspecified atom stereocenters. The first-order valence-corrected chi connectivity index (χ1v) is 14.4. The molecule has 0 aliphatic carbocycles. The van der Waals surface area contributed by atoms with Gasteiger partial charge in [0.2, 0.25) is 11.8 Å². The van der Waals surface area contributed by atoms with Gasteiger partial charge in [-0.15, -0.1) is 0 Å². The van der Waals surface area contributed by atoms with E-state index in [1.54, 1.807) is 31.7 Å². The molecule has 7 nitrogen and oxygen atoms in total. The van der Waals surface area contributed by atoms with Crippen molar-refractivity contribution in [2.24, 2.45) is 5.92 Å². The lowest BCUT2D eigenvalue weighted by Crippen LogP contribution is -2.56. The molecule has 0 spiro atoms. The number of amides is 3. The van der Waals surface area contributed by atoms with Gasteiger partial charge in [-0.1, -0.05) is 83.7 Å². The monoisotopic (exact) mass is 543 g/mol. The van der Waals surface area contributed by atoms with Crippen molar-refractivity contribution >= 4 is 24.0 Å². The van der Waals surface area contributed by atoms with Crippen LogP contribution < -0.4 is 10.6 Å². The third-order valence-electron chi connectivity index (χ3n) is 6.16. The van der Waals surface area contributed by atoms with Crippen LogP contribution in [0.25, 0.3) is 6.08 Å². The molecule has 0 aromatic heterocycles. The molecule has 0 saturated carbocycles. The summed E-state index contributed by atoms with van der Waals surface area (Å²) in [5.74, 6) is -0.784. The molecule has 0 heterocycles. The van der Waals surface area contributed by atoms with Gasteiger partial charge in [0.1, 0.15) is 17.7 Å². The quantitative estimate of drug-likeness (QED) is 0.247. The standard InChI is InChI=1S/C32H53N3O4/c1-11-13-14-15-16-17-21-35(29(37)26(23(3)4)33-30(38)39-32(8,9)10)27(28(36)34-31(5,6)7)25-20-18-19-24(12-2)22-25/h12,18-20,22-23,26-27H,2,11,13-17,21H2,1,3-10H3,(H,33,38)(H,34,36). The SMILES string of the molecule is C=Cc1cccc(C(C(=O)NC(C)(C)C)N(CCCCCCCC)C(=O)C(NC(=O)OC(C)(C)C)C(C)C)c1. The van der Waals surface area contributed by atoms with E-state index in [1.165, 1.54) is 6.42 Å². The molecule has 0 aliphatic rings. The van der Waals surface area contributed by atoms with Crippen molar-refractivity contribution in [3.05, 3.63) is 42.0 Å². The van der Waals surface area contributed by atoms with E-state index in [0.29, 0.717) is 12.1 Å². The molecule has 39 heavy (non-hydrogen) atoms. The molecule has 2 atom stereocenters. The number of ether oxygens (including phenoxy) is 1. The zero-order valence-electron chi connectivity index (χ0n) is 25.9. The number of carbonyl (C=O) groups excluding carboxylic acids is 3. The third-order valence-corrected chi connectivity index (χ3v) is 6.16. The van der Waals surface area contributed by atoms with Crippen LogP contribution in [0.5, 0.6) is 0 Å². The maximum absolute atomic E-state index is 14.2. The lowest BCUT2D eigenvalue weighted by molar-refractivity contribution is -0.144. The van der Waals surface area contributed by atoms with Crippen LogP contribution in [0.1, 0.15) is 118 Å². The molecule has 0 bridgehead atoms. The van der Waals surface area contributed by atoms with Crippen LogP contribution in [0.2, 0.25) is 0 Å². The number of unbranched alkanes of at least 4 members (excludes halogenated alkanes) is 5. The molecule has 0 fully saturated rings. The lowest BCUT2D eigenvalue weighted by atomic mass is 9.96. The van der Waals surface area contributed by atoms with Crippen LogP contribution in [0.3, 0.4) is 0 Å². The second-order valence-electron chi connectivity index (χ2n) is 12.7. The fourth-order valence-corrected chi connectivity index (χ4v) is 4.32. The summed E-state index contributed by atoms with van der Waals surface area (Å²) in [6.45, 7) is 21.3. The number of hydrogen-bond donors (Lipinski definition) is 2. The van der Waals surface area contributed by atoms with Crippen LogP contribution in [0.15, 0.2) is 30.8 Å². The van der Waals surface area contributed by atoms with E-state index in [-0.39, 0.29) is 17.7 Å². The molecule has 1 rings (SSSR count). The first-order valence-electron chi connectivity index (χ1n) is 14.4. The summed E-state index contributed by atoms with van der Waals surface area (Å²) in [5, 5.41) is 5.87. The third kappa shape index (κ3) is 12.7. The molecule has 0 radical (unpaired) electrons. The van der Waals surface area contributed by atoms with Gasteiger partial charge in [-0.05, 0) is 71.1 Å². The molecule has 2 N–H and O–H groups in total. The Morgan fingerprint density at radius 2 is 1.62 bits per heavy atom. The topological polar surface area (TPSA) is 87.7 Å². The summed E-state index contributed by atoms with van der Waals surface area (Å²) in [6, 6.07) is 5.83. The number of alkyl carbamates (subject to hydrolysis) is 1. The van der Waals surface area contributed by atoms with Crippen molar-refractivity contribution in [1.29, 1.82) is 0 Å². The molecular weight excluding hydrogens is 490 g/mol. The van der Waals surface area contributed by atoms with Gasteiger partial charge in [-0.2, -0.15) is 0 Å². The number of nitrogens with one attached hydrogen (secondary N) is 2. The number of rotatable bonds is 14. The zero-order chi connectivity index (χ0) is 29.8. The first kappa shape index (κ1) is 34.2. The number of hydrogen-bond acceptors (Lipinski definition) is 4. The van der Waals surface area contributed by atoms with E-state index in [1.807, 2.05) is 58.9 Å². The first-order chi connectivity index (χ1) is 18.1. The average molecular weight is 544 g/mol. The summed E-state index contributed by atoms with van der Waals surface area (Å²) in [6.07, 6.45) is 7.35. The highest BCUT2D eigenvalue weighted by Crippen LogP contribution is 2.27. The van der Waals surface area contributed by atoms with Gasteiger partial charge in [-0.3, -0.25) is 9.59 Å². The highest BCUT2D eigenvalue weighted by atomic mass is 16.6. The van der Waals surface area contributed by atoms with Crippen molar-refractivity contribution in [2.45, 2.75) is 124 Å². The predicted molar refractivity (Wildman–Crippen MR) is 160 cm³/mol. The van der Waals surface area contributed by atoms with Gasteiger partial charge >= 0.3 is 6.09 Å².